The molecule has 1 fully saturated rings. The molecule has 2 aliphatic heterocycles. The lowest BCUT2D eigenvalue weighted by atomic mass is 9.89. The van der Waals surface area contributed by atoms with E-state index in [1.807, 2.05) is 12.3 Å². The fourth-order valence-electron chi connectivity index (χ4n) is 5.85. The Morgan fingerprint density at radius 2 is 2.03 bits per heavy atom. The summed E-state index contributed by atoms with van der Waals surface area (Å²) in [7, 11) is 0. The molecule has 6 rings (SSSR count). The van der Waals surface area contributed by atoms with Gasteiger partial charge in [0.25, 0.3) is 0 Å². The van der Waals surface area contributed by atoms with E-state index in [1.54, 1.807) is 19.1 Å². The lowest BCUT2D eigenvalue weighted by Crippen LogP contribution is -2.18. The number of rotatable bonds is 3. The lowest BCUT2D eigenvalue weighted by molar-refractivity contribution is 0.0526. The number of anilines is 1. The van der Waals surface area contributed by atoms with Crippen molar-refractivity contribution in [2.24, 2.45) is 4.99 Å². The highest BCUT2D eigenvalue weighted by molar-refractivity contribution is 6.19. The van der Waals surface area contributed by atoms with Crippen molar-refractivity contribution in [3.05, 3.63) is 57.9 Å². The van der Waals surface area contributed by atoms with Gasteiger partial charge in [0.1, 0.15) is 11.9 Å². The smallest absolute Gasteiger partial charge is 0.339 e. The zero-order chi connectivity index (χ0) is 23.4. The van der Waals surface area contributed by atoms with Gasteiger partial charge in [-0.25, -0.2) is 9.18 Å². The minimum absolute atomic E-state index is 0.220. The van der Waals surface area contributed by atoms with Crippen molar-refractivity contribution in [1.29, 1.82) is 5.26 Å². The number of aliphatic imine (C=N–C) groups is 1. The third kappa shape index (κ3) is 2.96. The van der Waals surface area contributed by atoms with Gasteiger partial charge in [0.05, 0.1) is 24.3 Å². The van der Waals surface area contributed by atoms with Crippen LogP contribution in [0.4, 0.5) is 10.1 Å². The normalized spacial score (nSPS) is 16.8. The molecular formula is C28H24FN3O2. The number of hydrogen-bond donors (Lipinski definition) is 0. The van der Waals surface area contributed by atoms with Crippen LogP contribution in [0.25, 0.3) is 27.1 Å². The number of ether oxygens (including phenoxy) is 1. The Labute approximate surface area is 197 Å². The molecule has 0 atom stereocenters. The Bertz CT molecular complexity index is 1490. The van der Waals surface area contributed by atoms with Crippen LogP contribution in [0, 0.1) is 17.1 Å². The second-order valence-electron chi connectivity index (χ2n) is 9.13. The van der Waals surface area contributed by atoms with Crippen molar-refractivity contribution in [3.8, 4) is 6.07 Å². The van der Waals surface area contributed by atoms with Crippen LogP contribution in [0.5, 0.6) is 0 Å². The maximum absolute atomic E-state index is 15.7. The van der Waals surface area contributed by atoms with Crippen molar-refractivity contribution >= 4 is 45.0 Å². The van der Waals surface area contributed by atoms with Crippen molar-refractivity contribution < 1.29 is 13.9 Å². The summed E-state index contributed by atoms with van der Waals surface area (Å²) >= 11 is 0. The molecule has 170 valence electrons. The fourth-order valence-corrected chi connectivity index (χ4v) is 5.85. The molecule has 0 bridgehead atoms. The Balaban J connectivity index is 1.71. The van der Waals surface area contributed by atoms with Crippen LogP contribution in [0.2, 0.25) is 0 Å². The average molecular weight is 454 g/mol. The SMILES string of the molecule is CCOC(=O)c1ccc2c(N3CCCC3)cc3c4c(c(F)cc3c2c1C#N)C1=C(CN=CC1)C4. The van der Waals surface area contributed by atoms with E-state index < -0.39 is 5.97 Å². The Morgan fingerprint density at radius 1 is 1.21 bits per heavy atom. The number of allylic oxidation sites excluding steroid dienone is 1. The molecule has 3 aliphatic rings. The van der Waals surface area contributed by atoms with Crippen LogP contribution in [0.15, 0.2) is 34.8 Å². The van der Waals surface area contributed by atoms with Crippen molar-refractivity contribution in [3.63, 3.8) is 0 Å². The molecule has 3 aromatic rings. The first kappa shape index (κ1) is 20.9. The molecule has 34 heavy (non-hydrogen) atoms. The third-order valence-corrected chi connectivity index (χ3v) is 7.34. The van der Waals surface area contributed by atoms with Gasteiger partial charge in [0, 0.05) is 47.7 Å². The summed E-state index contributed by atoms with van der Waals surface area (Å²) in [6, 6.07) is 9.54. The number of esters is 1. The molecule has 0 amide bonds. The van der Waals surface area contributed by atoms with E-state index in [-0.39, 0.29) is 23.6 Å². The highest BCUT2D eigenvalue weighted by atomic mass is 19.1. The molecule has 0 saturated carbocycles. The van der Waals surface area contributed by atoms with Gasteiger partial charge in [0.15, 0.2) is 0 Å². The minimum Gasteiger partial charge on any atom is -0.462 e. The van der Waals surface area contributed by atoms with Gasteiger partial charge >= 0.3 is 5.97 Å². The van der Waals surface area contributed by atoms with E-state index in [9.17, 15) is 10.1 Å². The Kier molecular flexibility index (Phi) is 4.88. The van der Waals surface area contributed by atoms with Gasteiger partial charge in [-0.3, -0.25) is 4.99 Å². The summed E-state index contributed by atoms with van der Waals surface area (Å²) in [6.07, 6.45) is 5.40. The molecule has 5 nitrogen and oxygen atoms in total. The Hall–Kier alpha value is -3.72. The highest BCUT2D eigenvalue weighted by Crippen LogP contribution is 2.46. The number of carbonyl (C=O) groups excluding carboxylic acids is 1. The maximum Gasteiger partial charge on any atom is 0.339 e. The van der Waals surface area contributed by atoms with Crippen LogP contribution >= 0.6 is 0 Å². The van der Waals surface area contributed by atoms with Crippen LogP contribution in [-0.4, -0.2) is 38.4 Å². The first-order valence-corrected chi connectivity index (χ1v) is 11.9. The molecule has 1 aliphatic carbocycles. The summed E-state index contributed by atoms with van der Waals surface area (Å²) in [5, 5.41) is 13.3. The Morgan fingerprint density at radius 3 is 2.79 bits per heavy atom. The summed E-state index contributed by atoms with van der Waals surface area (Å²) in [4.78, 5) is 19.4. The van der Waals surface area contributed by atoms with E-state index in [0.29, 0.717) is 35.7 Å². The van der Waals surface area contributed by atoms with Crippen LogP contribution < -0.4 is 4.90 Å². The average Bonchev–Trinajstić information content (AvgIpc) is 3.51. The number of benzene rings is 3. The molecule has 0 N–H and O–H groups in total. The van der Waals surface area contributed by atoms with Crippen LogP contribution in [0.1, 0.15) is 53.2 Å². The van der Waals surface area contributed by atoms with E-state index in [2.05, 4.69) is 22.0 Å². The molecule has 0 radical (unpaired) electrons. The minimum atomic E-state index is -0.531. The number of halogens is 1. The third-order valence-electron chi connectivity index (χ3n) is 7.34. The number of nitriles is 1. The van der Waals surface area contributed by atoms with Crippen LogP contribution in [0.3, 0.4) is 0 Å². The highest BCUT2D eigenvalue weighted by Gasteiger charge is 2.30. The quantitative estimate of drug-likeness (QED) is 0.384. The molecule has 0 spiro atoms. The summed E-state index contributed by atoms with van der Waals surface area (Å²) < 4.78 is 20.9. The number of nitrogens with zero attached hydrogens (tertiary/aromatic N) is 3. The van der Waals surface area contributed by atoms with E-state index in [1.165, 1.54) is 5.57 Å². The second-order valence-corrected chi connectivity index (χ2v) is 9.13. The number of dihydropyridines is 1. The molecule has 3 aromatic carbocycles. The van der Waals surface area contributed by atoms with E-state index >= 15 is 4.39 Å². The van der Waals surface area contributed by atoms with Gasteiger partial charge in [-0.1, -0.05) is 6.07 Å². The van der Waals surface area contributed by atoms with E-state index in [0.717, 1.165) is 53.5 Å². The lowest BCUT2D eigenvalue weighted by Gasteiger charge is -2.23. The number of hydrogen-bond acceptors (Lipinski definition) is 5. The van der Waals surface area contributed by atoms with Crippen molar-refractivity contribution in [2.75, 3.05) is 31.1 Å². The standard InChI is InChI=1S/C28H24FN3O2/c1-2-34-28(33)18-5-6-19-25(32-9-3-4-10-32)13-20-21-11-16-15-31-8-7-17(16)27(21)24(29)12-22(20)26(19)23(18)14-30/h5-6,8,12-13H,2-4,7,9-11,15H2,1H3. The first-order chi connectivity index (χ1) is 16.6. The van der Waals surface area contributed by atoms with Gasteiger partial charge in [-0.15, -0.1) is 0 Å². The van der Waals surface area contributed by atoms with Gasteiger partial charge in [-0.2, -0.15) is 5.26 Å². The van der Waals surface area contributed by atoms with Gasteiger partial charge < -0.3 is 9.64 Å². The zero-order valence-corrected chi connectivity index (χ0v) is 19.1. The first-order valence-electron chi connectivity index (χ1n) is 11.9. The molecule has 2 heterocycles. The van der Waals surface area contributed by atoms with Crippen molar-refractivity contribution in [2.45, 2.75) is 32.6 Å². The topological polar surface area (TPSA) is 65.7 Å². The second kappa shape index (κ2) is 7.95. The predicted octanol–water partition coefficient (Wildman–Crippen LogP) is 5.56. The summed E-state index contributed by atoms with van der Waals surface area (Å²) in [5.74, 6) is -0.806. The molecule has 6 heteroatoms. The number of carbonyl (C=O) groups is 1. The van der Waals surface area contributed by atoms with Gasteiger partial charge in [0.2, 0.25) is 0 Å². The van der Waals surface area contributed by atoms with Crippen LogP contribution in [-0.2, 0) is 11.2 Å². The fraction of sp³-hybridized carbons (Fsp3) is 0.321. The number of fused-ring (bicyclic) bond motifs is 6. The summed E-state index contributed by atoms with van der Waals surface area (Å²) in [6.45, 7) is 4.44. The molecule has 1 saturated heterocycles. The predicted molar refractivity (Wildman–Crippen MR) is 132 cm³/mol. The summed E-state index contributed by atoms with van der Waals surface area (Å²) in [5.41, 5.74) is 5.41. The maximum atomic E-state index is 15.7. The van der Waals surface area contributed by atoms with Crippen molar-refractivity contribution in [1.82, 2.24) is 0 Å². The van der Waals surface area contributed by atoms with Gasteiger partial charge in [-0.05, 0) is 71.9 Å². The molecule has 0 aromatic heterocycles. The molecule has 0 unspecified atom stereocenters. The monoisotopic (exact) mass is 453 g/mol. The largest absolute Gasteiger partial charge is 0.462 e. The van der Waals surface area contributed by atoms with E-state index in [4.69, 9.17) is 4.74 Å². The zero-order valence-electron chi connectivity index (χ0n) is 19.1. The molecular weight excluding hydrogens is 429 g/mol.